The van der Waals surface area contributed by atoms with Crippen molar-refractivity contribution in [2.45, 2.75) is 6.42 Å². The number of allylic oxidation sites excluding steroid dienone is 1. The molecule has 0 fully saturated rings. The summed E-state index contributed by atoms with van der Waals surface area (Å²) in [6.45, 7) is 0. The fourth-order valence-corrected chi connectivity index (χ4v) is 4.94. The normalized spacial score (nSPS) is 15.2. The summed E-state index contributed by atoms with van der Waals surface area (Å²) >= 11 is 7.64. The molecular formula is C7H4Br2Se. The van der Waals surface area contributed by atoms with Crippen molar-refractivity contribution in [3.8, 4) is 0 Å². The van der Waals surface area contributed by atoms with Gasteiger partial charge in [0.2, 0.25) is 0 Å². The molecule has 1 aromatic rings. The maximum absolute atomic E-state index is 3.54. The van der Waals surface area contributed by atoms with Crippen molar-refractivity contribution in [2.75, 3.05) is 0 Å². The Hall–Kier alpha value is 0.699. The summed E-state index contributed by atoms with van der Waals surface area (Å²) in [5, 5.41) is 0. The Morgan fingerprint density at radius 1 is 1.40 bits per heavy atom. The van der Waals surface area contributed by atoms with Crippen molar-refractivity contribution in [3.63, 3.8) is 0 Å². The summed E-state index contributed by atoms with van der Waals surface area (Å²) in [6, 6.07) is 0. The predicted molar refractivity (Wildman–Crippen MR) is 51.7 cm³/mol. The molecule has 1 aromatic heterocycles. The summed E-state index contributed by atoms with van der Waals surface area (Å²) < 4.78 is 4.15. The zero-order chi connectivity index (χ0) is 7.14. The second kappa shape index (κ2) is 2.63. The molecule has 0 saturated carbocycles. The molecule has 0 atom stereocenters. The minimum absolute atomic E-state index is 0.569. The third-order valence-electron chi connectivity index (χ3n) is 1.54. The van der Waals surface area contributed by atoms with E-state index >= 15 is 0 Å². The predicted octanol–water partition coefficient (Wildman–Crippen LogP) is 2.80. The molecule has 0 amide bonds. The first-order valence-corrected chi connectivity index (χ1v) is 6.34. The first-order valence-electron chi connectivity index (χ1n) is 2.91. The zero-order valence-corrected chi connectivity index (χ0v) is 9.91. The number of hydrogen-bond donors (Lipinski definition) is 0. The molecular weight excluding hydrogens is 323 g/mol. The quantitative estimate of drug-likeness (QED) is 0.643. The summed E-state index contributed by atoms with van der Waals surface area (Å²) in [5.41, 5.74) is 1.49. The molecule has 0 bridgehead atoms. The molecule has 0 saturated heterocycles. The molecule has 1 aliphatic rings. The van der Waals surface area contributed by atoms with E-state index in [0.717, 1.165) is 6.42 Å². The summed E-state index contributed by atoms with van der Waals surface area (Å²) in [7, 11) is 0. The fraction of sp³-hybridized carbons (Fsp3) is 0.143. The molecule has 3 heteroatoms. The molecule has 0 spiro atoms. The summed E-state index contributed by atoms with van der Waals surface area (Å²) in [5.74, 6) is 0. The molecule has 0 radical (unpaired) electrons. The monoisotopic (exact) mass is 326 g/mol. The minimum atomic E-state index is 0.569. The van der Waals surface area contributed by atoms with Crippen molar-refractivity contribution >= 4 is 50.8 Å². The fourth-order valence-electron chi connectivity index (χ4n) is 1.04. The van der Waals surface area contributed by atoms with Crippen LogP contribution in [0.3, 0.4) is 0 Å². The molecule has 1 aliphatic carbocycles. The second-order valence-corrected chi connectivity index (χ2v) is 5.70. The van der Waals surface area contributed by atoms with Gasteiger partial charge in [-0.15, -0.1) is 0 Å². The first kappa shape index (κ1) is 7.35. The molecule has 0 aliphatic heterocycles. The van der Waals surface area contributed by atoms with Crippen LogP contribution in [0.5, 0.6) is 0 Å². The molecule has 0 nitrogen and oxygen atoms in total. The van der Waals surface area contributed by atoms with E-state index in [-0.39, 0.29) is 0 Å². The number of fused-ring (bicyclic) bond motifs is 1. The Bertz CT molecular complexity index is 299. The Labute approximate surface area is 82.3 Å². The first-order chi connectivity index (χ1) is 4.79. The van der Waals surface area contributed by atoms with Crippen LogP contribution in [0.1, 0.15) is 10.0 Å². The van der Waals surface area contributed by atoms with E-state index in [4.69, 9.17) is 0 Å². The maximum atomic E-state index is 3.54. The molecule has 0 N–H and O–H groups in total. The van der Waals surface area contributed by atoms with E-state index in [2.05, 4.69) is 42.9 Å². The van der Waals surface area contributed by atoms with Crippen LogP contribution < -0.4 is 0 Å². The van der Waals surface area contributed by atoms with Gasteiger partial charge in [-0.1, -0.05) is 0 Å². The zero-order valence-electron chi connectivity index (χ0n) is 5.03. The Morgan fingerprint density at radius 3 is 2.90 bits per heavy atom. The van der Waals surface area contributed by atoms with E-state index in [9.17, 15) is 0 Å². The van der Waals surface area contributed by atoms with Gasteiger partial charge in [0.25, 0.3) is 0 Å². The van der Waals surface area contributed by atoms with Gasteiger partial charge in [-0.2, -0.15) is 0 Å². The van der Waals surface area contributed by atoms with Crippen LogP contribution in [-0.4, -0.2) is 14.5 Å². The molecule has 10 heavy (non-hydrogen) atoms. The van der Waals surface area contributed by atoms with Crippen molar-refractivity contribution in [1.82, 2.24) is 0 Å². The van der Waals surface area contributed by atoms with Gasteiger partial charge < -0.3 is 0 Å². The van der Waals surface area contributed by atoms with Crippen molar-refractivity contribution in [2.24, 2.45) is 0 Å². The number of rotatable bonds is 0. The van der Waals surface area contributed by atoms with Gasteiger partial charge in [0.05, 0.1) is 0 Å². The topological polar surface area (TPSA) is 0 Å². The average Bonchev–Trinajstić information content (AvgIpc) is 2.41. The SMILES string of the molecule is BrC1=CCc2c(Br)c[se]c21. The standard InChI is InChI=1S/C7H4Br2Se/c8-5-2-1-4-6(9)3-10-7(4)5/h2-3H,1H2. The van der Waals surface area contributed by atoms with Gasteiger partial charge in [-0.05, 0) is 0 Å². The molecule has 1 heterocycles. The Morgan fingerprint density at radius 2 is 2.20 bits per heavy atom. The number of hydrogen-bond acceptors (Lipinski definition) is 0. The molecule has 0 unspecified atom stereocenters. The van der Waals surface area contributed by atoms with Crippen LogP contribution in [0.2, 0.25) is 0 Å². The van der Waals surface area contributed by atoms with Gasteiger partial charge >= 0.3 is 82.8 Å². The van der Waals surface area contributed by atoms with E-state index in [0.29, 0.717) is 14.5 Å². The van der Waals surface area contributed by atoms with Gasteiger partial charge in [-0.25, -0.2) is 0 Å². The van der Waals surface area contributed by atoms with Crippen LogP contribution in [0.25, 0.3) is 4.48 Å². The molecule has 2 rings (SSSR count). The third-order valence-corrected chi connectivity index (χ3v) is 6.46. The second-order valence-electron chi connectivity index (χ2n) is 2.15. The van der Waals surface area contributed by atoms with Crippen molar-refractivity contribution in [1.29, 1.82) is 0 Å². The number of halogens is 2. The van der Waals surface area contributed by atoms with Gasteiger partial charge in [0.15, 0.2) is 0 Å². The van der Waals surface area contributed by atoms with Crippen LogP contribution in [0, 0.1) is 0 Å². The van der Waals surface area contributed by atoms with Crippen LogP contribution in [0.15, 0.2) is 15.5 Å². The third kappa shape index (κ3) is 1.00. The molecule has 52 valence electrons. The summed E-state index contributed by atoms with van der Waals surface area (Å²) in [4.78, 5) is 2.28. The van der Waals surface area contributed by atoms with Gasteiger partial charge in [0.1, 0.15) is 0 Å². The summed E-state index contributed by atoms with van der Waals surface area (Å²) in [6.07, 6.45) is 3.34. The van der Waals surface area contributed by atoms with E-state index in [1.54, 1.807) is 0 Å². The Balaban J connectivity index is 2.62. The Kier molecular flexibility index (Phi) is 1.94. The van der Waals surface area contributed by atoms with Crippen molar-refractivity contribution in [3.05, 3.63) is 25.5 Å². The van der Waals surface area contributed by atoms with E-state index < -0.39 is 0 Å². The van der Waals surface area contributed by atoms with E-state index in [1.165, 1.54) is 19.0 Å². The van der Waals surface area contributed by atoms with Crippen molar-refractivity contribution < 1.29 is 0 Å². The van der Waals surface area contributed by atoms with Gasteiger partial charge in [0, 0.05) is 0 Å². The van der Waals surface area contributed by atoms with E-state index in [1.807, 2.05) is 0 Å². The van der Waals surface area contributed by atoms with Crippen LogP contribution in [0.4, 0.5) is 0 Å². The molecule has 0 aromatic carbocycles. The van der Waals surface area contributed by atoms with Crippen LogP contribution in [-0.2, 0) is 6.42 Å². The van der Waals surface area contributed by atoms with Gasteiger partial charge in [-0.3, -0.25) is 0 Å². The van der Waals surface area contributed by atoms with Crippen LogP contribution >= 0.6 is 31.9 Å². The average molecular weight is 327 g/mol.